The van der Waals surface area contributed by atoms with Crippen LogP contribution < -0.4 is 16.0 Å². The van der Waals surface area contributed by atoms with Crippen LogP contribution in [0.1, 0.15) is 36.4 Å². The van der Waals surface area contributed by atoms with Crippen LogP contribution in [0.4, 0.5) is 11.4 Å². The standard InChI is InChI=1S/C35H27N3O5S2/c39-32(24-11-5-2-6-12-24)38-30(22-28-15-8-20-44-28)33(40)37-27-13-7-14-29(21-27)45-31(23-9-3-1-4-10-23)34(41)36-26-18-16-25(17-19-26)35(42)43/h1-22,31H,(H,36,41)(H,37,40)(H,38,39)(H,42,43)/b30-22-. The van der Waals surface area contributed by atoms with Crippen LogP contribution in [0.15, 0.2) is 137 Å². The minimum absolute atomic E-state index is 0.0832. The number of amides is 3. The predicted molar refractivity (Wildman–Crippen MR) is 178 cm³/mol. The average molecular weight is 634 g/mol. The summed E-state index contributed by atoms with van der Waals surface area (Å²) in [7, 11) is 0. The molecule has 224 valence electrons. The van der Waals surface area contributed by atoms with Gasteiger partial charge in [-0.3, -0.25) is 14.4 Å². The molecule has 0 aliphatic heterocycles. The van der Waals surface area contributed by atoms with Crippen molar-refractivity contribution < 1.29 is 24.3 Å². The molecule has 0 bridgehead atoms. The van der Waals surface area contributed by atoms with E-state index < -0.39 is 23.0 Å². The van der Waals surface area contributed by atoms with E-state index in [1.807, 2.05) is 53.9 Å². The van der Waals surface area contributed by atoms with Crippen molar-refractivity contribution in [3.63, 3.8) is 0 Å². The predicted octanol–water partition coefficient (Wildman–Crippen LogP) is 7.33. The van der Waals surface area contributed by atoms with E-state index in [1.165, 1.54) is 35.2 Å². The van der Waals surface area contributed by atoms with E-state index in [0.717, 1.165) is 15.3 Å². The zero-order valence-corrected chi connectivity index (χ0v) is 25.3. The molecule has 0 radical (unpaired) electrons. The summed E-state index contributed by atoms with van der Waals surface area (Å²) >= 11 is 2.73. The molecule has 45 heavy (non-hydrogen) atoms. The molecule has 0 aliphatic rings. The number of thiophene rings is 1. The number of carbonyl (C=O) groups is 4. The lowest BCUT2D eigenvalue weighted by molar-refractivity contribution is -0.116. The average Bonchev–Trinajstić information content (AvgIpc) is 3.58. The third kappa shape index (κ3) is 8.56. The maximum absolute atomic E-state index is 13.5. The molecule has 0 fully saturated rings. The molecule has 10 heteroatoms. The van der Waals surface area contributed by atoms with Crippen LogP contribution in [0.25, 0.3) is 6.08 Å². The molecular formula is C35H27N3O5S2. The summed E-state index contributed by atoms with van der Waals surface area (Å²) in [5.74, 6) is -2.26. The van der Waals surface area contributed by atoms with Crippen molar-refractivity contribution in [3.05, 3.63) is 154 Å². The van der Waals surface area contributed by atoms with Crippen LogP contribution >= 0.6 is 23.1 Å². The third-order valence-electron chi connectivity index (χ3n) is 6.44. The van der Waals surface area contributed by atoms with E-state index in [-0.39, 0.29) is 17.2 Å². The second kappa shape index (κ2) is 14.8. The molecule has 0 spiro atoms. The first-order chi connectivity index (χ1) is 21.9. The van der Waals surface area contributed by atoms with E-state index >= 15 is 0 Å². The monoisotopic (exact) mass is 633 g/mol. The van der Waals surface area contributed by atoms with Crippen molar-refractivity contribution in [3.8, 4) is 0 Å². The van der Waals surface area contributed by atoms with Gasteiger partial charge in [-0.2, -0.15) is 0 Å². The highest BCUT2D eigenvalue weighted by atomic mass is 32.2. The number of rotatable bonds is 11. The largest absolute Gasteiger partial charge is 0.478 e. The lowest BCUT2D eigenvalue weighted by Gasteiger charge is -2.18. The molecule has 1 atom stereocenters. The van der Waals surface area contributed by atoms with Crippen LogP contribution in [0.2, 0.25) is 0 Å². The van der Waals surface area contributed by atoms with Gasteiger partial charge >= 0.3 is 5.97 Å². The summed E-state index contributed by atoms with van der Waals surface area (Å²) in [5, 5.41) is 18.9. The molecule has 0 saturated heterocycles. The molecule has 8 nitrogen and oxygen atoms in total. The zero-order chi connectivity index (χ0) is 31.6. The van der Waals surface area contributed by atoms with Crippen LogP contribution in [0.3, 0.4) is 0 Å². The van der Waals surface area contributed by atoms with Crippen LogP contribution in [-0.4, -0.2) is 28.8 Å². The number of carbonyl (C=O) groups excluding carboxylic acids is 3. The van der Waals surface area contributed by atoms with Crippen molar-refractivity contribution in [2.24, 2.45) is 0 Å². The quantitative estimate of drug-likeness (QED) is 0.0892. The van der Waals surface area contributed by atoms with Gasteiger partial charge in [0, 0.05) is 26.7 Å². The number of anilines is 2. The molecule has 1 unspecified atom stereocenters. The number of hydrogen-bond acceptors (Lipinski definition) is 6. The molecule has 4 aromatic carbocycles. The molecule has 5 rings (SSSR count). The van der Waals surface area contributed by atoms with Crippen molar-refractivity contribution in [2.75, 3.05) is 10.6 Å². The minimum Gasteiger partial charge on any atom is -0.478 e. The van der Waals surface area contributed by atoms with Crippen molar-refractivity contribution in [1.82, 2.24) is 5.32 Å². The maximum atomic E-state index is 13.5. The fraction of sp³-hybridized carbons (Fsp3) is 0.0286. The second-order valence-corrected chi connectivity index (χ2v) is 11.8. The molecule has 1 heterocycles. The third-order valence-corrected chi connectivity index (χ3v) is 8.51. The van der Waals surface area contributed by atoms with Gasteiger partial charge in [-0.05, 0) is 77.7 Å². The molecule has 0 saturated carbocycles. The van der Waals surface area contributed by atoms with Gasteiger partial charge in [0.05, 0.1) is 5.56 Å². The first-order valence-electron chi connectivity index (χ1n) is 13.7. The Bertz CT molecular complexity index is 1820. The van der Waals surface area contributed by atoms with Gasteiger partial charge in [-0.15, -0.1) is 23.1 Å². The van der Waals surface area contributed by atoms with Gasteiger partial charge in [0.15, 0.2) is 0 Å². The van der Waals surface area contributed by atoms with Crippen LogP contribution in [0, 0.1) is 0 Å². The summed E-state index contributed by atoms with van der Waals surface area (Å²) in [6.45, 7) is 0. The number of hydrogen-bond donors (Lipinski definition) is 4. The van der Waals surface area contributed by atoms with Crippen molar-refractivity contribution in [1.29, 1.82) is 0 Å². The molecule has 0 aliphatic carbocycles. The Morgan fingerprint density at radius 2 is 1.42 bits per heavy atom. The lowest BCUT2D eigenvalue weighted by atomic mass is 10.1. The Morgan fingerprint density at radius 1 is 0.711 bits per heavy atom. The Morgan fingerprint density at radius 3 is 2.09 bits per heavy atom. The first kappa shape index (κ1) is 31.0. The Kier molecular flexibility index (Phi) is 10.2. The van der Waals surface area contributed by atoms with Gasteiger partial charge in [0.1, 0.15) is 10.9 Å². The SMILES string of the molecule is O=C(Nc1cccc(SC(C(=O)Nc2ccc(C(=O)O)cc2)c2ccccc2)c1)/C(=C/c1cccs1)NC(=O)c1ccccc1. The normalized spacial score (nSPS) is 11.7. The van der Waals surface area contributed by atoms with Crippen molar-refractivity contribution in [2.45, 2.75) is 10.1 Å². The summed E-state index contributed by atoms with van der Waals surface area (Å²) in [6, 6.07) is 34.7. The van der Waals surface area contributed by atoms with E-state index in [1.54, 1.807) is 66.7 Å². The number of nitrogens with one attached hydrogen (secondary N) is 3. The minimum atomic E-state index is -1.05. The van der Waals surface area contributed by atoms with Crippen LogP contribution in [0.5, 0.6) is 0 Å². The van der Waals surface area contributed by atoms with Gasteiger partial charge in [-0.25, -0.2) is 4.79 Å². The smallest absolute Gasteiger partial charge is 0.335 e. The van der Waals surface area contributed by atoms with Crippen molar-refractivity contribution >= 4 is 64.2 Å². The highest BCUT2D eigenvalue weighted by Gasteiger charge is 2.23. The Balaban J connectivity index is 1.34. The van der Waals surface area contributed by atoms with E-state index in [2.05, 4.69) is 16.0 Å². The highest BCUT2D eigenvalue weighted by molar-refractivity contribution is 8.00. The maximum Gasteiger partial charge on any atom is 0.335 e. The lowest BCUT2D eigenvalue weighted by Crippen LogP contribution is -2.30. The molecule has 3 amide bonds. The highest BCUT2D eigenvalue weighted by Crippen LogP contribution is 2.37. The Hall–Kier alpha value is -5.45. The fourth-order valence-corrected chi connectivity index (χ4v) is 5.99. The molecule has 5 aromatic rings. The number of carboxylic acid groups (broad SMARTS) is 1. The van der Waals surface area contributed by atoms with Gasteiger partial charge < -0.3 is 21.1 Å². The van der Waals surface area contributed by atoms with E-state index in [4.69, 9.17) is 0 Å². The van der Waals surface area contributed by atoms with E-state index in [9.17, 15) is 24.3 Å². The summed E-state index contributed by atoms with van der Waals surface area (Å²) in [4.78, 5) is 52.5. The second-order valence-electron chi connectivity index (χ2n) is 9.66. The molecule has 4 N–H and O–H groups in total. The number of thioether (sulfide) groups is 1. The number of benzene rings is 4. The first-order valence-corrected chi connectivity index (χ1v) is 15.5. The van der Waals surface area contributed by atoms with E-state index in [0.29, 0.717) is 16.9 Å². The Labute approximate surface area is 267 Å². The van der Waals surface area contributed by atoms with Gasteiger partial charge in [0.2, 0.25) is 5.91 Å². The summed E-state index contributed by atoms with van der Waals surface area (Å²) in [6.07, 6.45) is 1.62. The summed E-state index contributed by atoms with van der Waals surface area (Å²) < 4.78 is 0. The number of carboxylic acids is 1. The molecule has 1 aromatic heterocycles. The summed E-state index contributed by atoms with van der Waals surface area (Å²) in [5.41, 5.74) is 2.33. The van der Waals surface area contributed by atoms with Gasteiger partial charge in [-0.1, -0.05) is 60.7 Å². The topological polar surface area (TPSA) is 125 Å². The zero-order valence-electron chi connectivity index (χ0n) is 23.7. The van der Waals surface area contributed by atoms with Crippen LogP contribution in [-0.2, 0) is 9.59 Å². The van der Waals surface area contributed by atoms with Gasteiger partial charge in [0.25, 0.3) is 11.8 Å². The number of aromatic carboxylic acids is 1. The molecular weight excluding hydrogens is 607 g/mol. The fourth-order valence-electron chi connectivity index (χ4n) is 4.24.